The van der Waals surface area contributed by atoms with Crippen molar-refractivity contribution < 1.29 is 9.90 Å². The third kappa shape index (κ3) is 4.71. The number of hydrogen-bond donors (Lipinski definition) is 3. The molecule has 0 atom stereocenters. The van der Waals surface area contributed by atoms with Gasteiger partial charge in [0.15, 0.2) is 0 Å². The Kier molecular flexibility index (Phi) is 5.10. The number of carbonyl (C=O) groups is 1. The van der Waals surface area contributed by atoms with Crippen LogP contribution in [0.25, 0.3) is 11.3 Å². The van der Waals surface area contributed by atoms with Gasteiger partial charge in [-0.25, -0.2) is 4.98 Å². The van der Waals surface area contributed by atoms with Crippen LogP contribution in [0.4, 0.5) is 11.8 Å². The molecule has 25 heavy (non-hydrogen) atoms. The Bertz CT molecular complexity index is 842. The first-order chi connectivity index (χ1) is 12.2. The van der Waals surface area contributed by atoms with E-state index in [1.54, 1.807) is 30.9 Å². The van der Waals surface area contributed by atoms with Crippen molar-refractivity contribution in [3.63, 3.8) is 0 Å². The van der Waals surface area contributed by atoms with Gasteiger partial charge >= 0.3 is 5.97 Å². The maximum atomic E-state index is 10.8. The highest BCUT2D eigenvalue weighted by Crippen LogP contribution is 2.21. The number of carboxylic acids is 1. The second kappa shape index (κ2) is 7.82. The topological polar surface area (TPSA) is 113 Å². The zero-order chi connectivity index (χ0) is 17.5. The molecule has 0 aliphatic rings. The first-order valence-electron chi connectivity index (χ1n) is 7.58. The molecule has 0 spiro atoms. The second-order valence-electron chi connectivity index (χ2n) is 5.17. The SMILES string of the molecule is O=C(O)CNc1nc(NCc2cccnc2)cc(-c2cccnc2)n1. The van der Waals surface area contributed by atoms with Crippen molar-refractivity contribution in [3.05, 3.63) is 60.7 Å². The third-order valence-electron chi connectivity index (χ3n) is 3.28. The van der Waals surface area contributed by atoms with E-state index in [9.17, 15) is 4.79 Å². The van der Waals surface area contributed by atoms with Gasteiger partial charge in [0.1, 0.15) is 12.4 Å². The van der Waals surface area contributed by atoms with Crippen molar-refractivity contribution in [3.8, 4) is 11.3 Å². The van der Waals surface area contributed by atoms with Crippen LogP contribution >= 0.6 is 0 Å². The van der Waals surface area contributed by atoms with Crippen LogP contribution < -0.4 is 10.6 Å². The van der Waals surface area contributed by atoms with Crippen molar-refractivity contribution in [2.75, 3.05) is 17.2 Å². The van der Waals surface area contributed by atoms with E-state index in [0.29, 0.717) is 18.1 Å². The lowest BCUT2D eigenvalue weighted by Crippen LogP contribution is -2.15. The normalized spacial score (nSPS) is 10.2. The van der Waals surface area contributed by atoms with Gasteiger partial charge in [-0.3, -0.25) is 14.8 Å². The van der Waals surface area contributed by atoms with Gasteiger partial charge in [0.05, 0.1) is 5.69 Å². The Balaban J connectivity index is 1.85. The van der Waals surface area contributed by atoms with Crippen LogP contribution in [0.1, 0.15) is 5.56 Å². The standard InChI is InChI=1S/C17H16N6O2/c24-16(25)11-21-17-22-14(13-4-2-6-19-10-13)7-15(23-17)20-9-12-3-1-5-18-8-12/h1-8,10H,9,11H2,(H,24,25)(H2,20,21,22,23). The van der Waals surface area contributed by atoms with Gasteiger partial charge in [-0.2, -0.15) is 4.98 Å². The molecule has 3 N–H and O–H groups in total. The van der Waals surface area contributed by atoms with Crippen LogP contribution in [-0.2, 0) is 11.3 Å². The molecule has 8 heteroatoms. The lowest BCUT2D eigenvalue weighted by molar-refractivity contribution is -0.134. The summed E-state index contributed by atoms with van der Waals surface area (Å²) < 4.78 is 0. The molecule has 8 nitrogen and oxygen atoms in total. The molecule has 3 rings (SSSR count). The molecule has 0 bridgehead atoms. The van der Waals surface area contributed by atoms with Crippen LogP contribution in [-0.4, -0.2) is 37.6 Å². The summed E-state index contributed by atoms with van der Waals surface area (Å²) in [7, 11) is 0. The molecule has 3 aromatic rings. The number of aliphatic carboxylic acids is 1. The van der Waals surface area contributed by atoms with Crippen LogP contribution in [0.5, 0.6) is 0 Å². The molecule has 0 unspecified atom stereocenters. The summed E-state index contributed by atoms with van der Waals surface area (Å²) in [6, 6.07) is 9.29. The molecule has 0 aromatic carbocycles. The number of nitrogens with zero attached hydrogens (tertiary/aromatic N) is 4. The van der Waals surface area contributed by atoms with E-state index >= 15 is 0 Å². The van der Waals surface area contributed by atoms with E-state index in [-0.39, 0.29) is 12.5 Å². The highest BCUT2D eigenvalue weighted by Gasteiger charge is 2.08. The molecule has 3 heterocycles. The van der Waals surface area contributed by atoms with E-state index in [1.807, 2.05) is 24.3 Å². The lowest BCUT2D eigenvalue weighted by atomic mass is 10.2. The maximum absolute atomic E-state index is 10.8. The average Bonchev–Trinajstić information content (AvgIpc) is 2.66. The van der Waals surface area contributed by atoms with E-state index in [0.717, 1.165) is 11.1 Å². The zero-order valence-corrected chi connectivity index (χ0v) is 13.3. The summed E-state index contributed by atoms with van der Waals surface area (Å²) in [5.74, 6) is -0.178. The van der Waals surface area contributed by atoms with Crippen LogP contribution in [0.15, 0.2) is 55.1 Å². The van der Waals surface area contributed by atoms with Crippen LogP contribution in [0.2, 0.25) is 0 Å². The van der Waals surface area contributed by atoms with Gasteiger partial charge in [-0.1, -0.05) is 6.07 Å². The number of carboxylic acid groups (broad SMARTS) is 1. The van der Waals surface area contributed by atoms with E-state index in [2.05, 4.69) is 30.6 Å². The van der Waals surface area contributed by atoms with E-state index < -0.39 is 5.97 Å². The average molecular weight is 336 g/mol. The van der Waals surface area contributed by atoms with E-state index in [4.69, 9.17) is 5.11 Å². The summed E-state index contributed by atoms with van der Waals surface area (Å²) >= 11 is 0. The number of pyridine rings is 2. The predicted molar refractivity (Wildman–Crippen MR) is 93.0 cm³/mol. The van der Waals surface area contributed by atoms with Gasteiger partial charge in [0.2, 0.25) is 5.95 Å². The summed E-state index contributed by atoms with van der Waals surface area (Å²) in [5, 5.41) is 14.7. The molecule has 0 saturated carbocycles. The molecular formula is C17H16N6O2. The van der Waals surface area contributed by atoms with Gasteiger partial charge in [0, 0.05) is 43.0 Å². The second-order valence-corrected chi connectivity index (χ2v) is 5.17. The smallest absolute Gasteiger partial charge is 0.322 e. The summed E-state index contributed by atoms with van der Waals surface area (Å²) in [5.41, 5.74) is 2.46. The van der Waals surface area contributed by atoms with Crippen LogP contribution in [0, 0.1) is 0 Å². The first-order valence-corrected chi connectivity index (χ1v) is 7.58. The Morgan fingerprint density at radius 2 is 1.84 bits per heavy atom. The number of anilines is 2. The van der Waals surface area contributed by atoms with Crippen molar-refractivity contribution >= 4 is 17.7 Å². The quantitative estimate of drug-likeness (QED) is 0.601. The van der Waals surface area contributed by atoms with Gasteiger partial charge in [-0.05, 0) is 23.8 Å². The minimum absolute atomic E-state index is 0.234. The molecule has 0 radical (unpaired) electrons. The number of hydrogen-bond acceptors (Lipinski definition) is 7. The minimum Gasteiger partial charge on any atom is -0.480 e. The highest BCUT2D eigenvalue weighted by atomic mass is 16.4. The Labute approximate surface area is 144 Å². The predicted octanol–water partition coefficient (Wildman–Crippen LogP) is 2.04. The molecule has 0 amide bonds. The first kappa shape index (κ1) is 16.3. The summed E-state index contributed by atoms with van der Waals surface area (Å²) in [6.07, 6.45) is 6.84. The zero-order valence-electron chi connectivity index (χ0n) is 13.3. The van der Waals surface area contributed by atoms with Gasteiger partial charge in [-0.15, -0.1) is 0 Å². The molecule has 3 aromatic heterocycles. The van der Waals surface area contributed by atoms with Crippen molar-refractivity contribution in [2.45, 2.75) is 6.54 Å². The van der Waals surface area contributed by atoms with Crippen LogP contribution in [0.3, 0.4) is 0 Å². The molecule has 0 saturated heterocycles. The minimum atomic E-state index is -0.986. The fraction of sp³-hybridized carbons (Fsp3) is 0.118. The van der Waals surface area contributed by atoms with Gasteiger partial charge in [0.25, 0.3) is 0 Å². The molecule has 126 valence electrons. The Morgan fingerprint density at radius 1 is 1.04 bits per heavy atom. The highest BCUT2D eigenvalue weighted by molar-refractivity contribution is 5.72. The third-order valence-corrected chi connectivity index (χ3v) is 3.28. The van der Waals surface area contributed by atoms with E-state index in [1.165, 1.54) is 0 Å². The van der Waals surface area contributed by atoms with Crippen molar-refractivity contribution in [1.82, 2.24) is 19.9 Å². The fourth-order valence-electron chi connectivity index (χ4n) is 2.13. The lowest BCUT2D eigenvalue weighted by Gasteiger charge is -2.10. The Hall–Kier alpha value is -3.55. The molecule has 0 aliphatic heterocycles. The van der Waals surface area contributed by atoms with Gasteiger partial charge < -0.3 is 15.7 Å². The maximum Gasteiger partial charge on any atom is 0.322 e. The summed E-state index contributed by atoms with van der Waals surface area (Å²) in [6.45, 7) is 0.272. The largest absolute Gasteiger partial charge is 0.480 e. The molecular weight excluding hydrogens is 320 g/mol. The number of rotatable bonds is 7. The molecule has 0 fully saturated rings. The number of nitrogens with one attached hydrogen (secondary N) is 2. The number of aromatic nitrogens is 4. The molecule has 0 aliphatic carbocycles. The monoisotopic (exact) mass is 336 g/mol. The Morgan fingerprint density at radius 3 is 2.52 bits per heavy atom. The van der Waals surface area contributed by atoms with Crippen molar-refractivity contribution in [1.29, 1.82) is 0 Å². The summed E-state index contributed by atoms with van der Waals surface area (Å²) in [4.78, 5) is 27.6. The van der Waals surface area contributed by atoms with Crippen molar-refractivity contribution in [2.24, 2.45) is 0 Å². The fourth-order valence-corrected chi connectivity index (χ4v) is 2.13.